The monoisotopic (exact) mass is 296 g/mol. The first-order chi connectivity index (χ1) is 9.34. The maximum absolute atomic E-state index is 12.5. The Morgan fingerprint density at radius 1 is 1.45 bits per heavy atom. The van der Waals surface area contributed by atoms with E-state index in [0.29, 0.717) is 12.0 Å². The molecule has 0 aliphatic heterocycles. The molecule has 0 bridgehead atoms. The maximum Gasteiger partial charge on any atom is 0.270 e. The van der Waals surface area contributed by atoms with E-state index in [1.54, 1.807) is 6.92 Å². The average molecular weight is 296 g/mol. The molecule has 0 heterocycles. The summed E-state index contributed by atoms with van der Waals surface area (Å²) in [5.41, 5.74) is 0.194. The van der Waals surface area contributed by atoms with Crippen molar-refractivity contribution in [1.82, 2.24) is 4.31 Å². The lowest BCUT2D eigenvalue weighted by molar-refractivity contribution is -0.385. The highest BCUT2D eigenvalue weighted by Crippen LogP contribution is 2.24. The Hall–Kier alpha value is -1.91. The Kier molecular flexibility index (Phi) is 5.25. The summed E-state index contributed by atoms with van der Waals surface area (Å²) >= 11 is 0. The second-order valence-electron chi connectivity index (χ2n) is 4.25. The zero-order valence-corrected chi connectivity index (χ0v) is 12.2. The Morgan fingerprint density at radius 2 is 2.10 bits per heavy atom. The van der Waals surface area contributed by atoms with Crippen molar-refractivity contribution in [3.05, 3.63) is 33.9 Å². The molecule has 0 aliphatic rings. The zero-order valence-electron chi connectivity index (χ0n) is 11.4. The van der Waals surface area contributed by atoms with Crippen LogP contribution in [0.3, 0.4) is 0 Å². The molecule has 0 atom stereocenters. The molecule has 0 spiro atoms. The number of hydrogen-bond donors (Lipinski definition) is 0. The van der Waals surface area contributed by atoms with E-state index in [1.807, 2.05) is 6.92 Å². The normalized spacial score (nSPS) is 11.3. The van der Waals surface area contributed by atoms with E-state index >= 15 is 0 Å². The van der Waals surface area contributed by atoms with Crippen LogP contribution < -0.4 is 0 Å². The fourth-order valence-corrected chi connectivity index (χ4v) is 3.44. The van der Waals surface area contributed by atoms with Gasteiger partial charge in [0.15, 0.2) is 0 Å². The van der Waals surface area contributed by atoms with Gasteiger partial charge < -0.3 is 0 Å². The number of non-ortho nitro benzene ring substituents is 1. The standard InChI is InChI=1S/C13H16N2O4S/c1-4-8-14(9-5-2)20(18,19)13-10-12(15(16)17)7-6-11(13)3/h1,6-7,10H,5,8-9H2,2-3H3. The Labute approximate surface area is 118 Å². The number of hydrogen-bond acceptors (Lipinski definition) is 4. The molecule has 1 aromatic carbocycles. The molecule has 0 amide bonds. The molecule has 20 heavy (non-hydrogen) atoms. The van der Waals surface area contributed by atoms with E-state index in [2.05, 4.69) is 5.92 Å². The summed E-state index contributed by atoms with van der Waals surface area (Å²) in [5.74, 6) is 2.30. The third-order valence-electron chi connectivity index (χ3n) is 2.74. The summed E-state index contributed by atoms with van der Waals surface area (Å²) in [5, 5.41) is 10.8. The number of nitro groups is 1. The van der Waals surface area contributed by atoms with Gasteiger partial charge in [-0.2, -0.15) is 4.31 Å². The van der Waals surface area contributed by atoms with Crippen LogP contribution in [0.5, 0.6) is 0 Å². The molecule has 0 saturated carbocycles. The van der Waals surface area contributed by atoms with Crippen LogP contribution in [-0.2, 0) is 10.0 Å². The fourth-order valence-electron chi connectivity index (χ4n) is 1.75. The minimum atomic E-state index is -3.83. The highest BCUT2D eigenvalue weighted by Gasteiger charge is 2.26. The minimum absolute atomic E-state index is 0.0572. The number of sulfonamides is 1. The van der Waals surface area contributed by atoms with Crippen LogP contribution >= 0.6 is 0 Å². The number of nitro benzene ring substituents is 1. The van der Waals surface area contributed by atoms with Crippen molar-refractivity contribution in [3.8, 4) is 12.3 Å². The third-order valence-corrected chi connectivity index (χ3v) is 4.73. The molecule has 6 nitrogen and oxygen atoms in total. The predicted molar refractivity (Wildman–Crippen MR) is 75.7 cm³/mol. The van der Waals surface area contributed by atoms with E-state index in [-0.39, 0.29) is 23.7 Å². The second-order valence-corrected chi connectivity index (χ2v) is 6.16. The highest BCUT2D eigenvalue weighted by atomic mass is 32.2. The van der Waals surface area contributed by atoms with Crippen LogP contribution in [0.25, 0.3) is 0 Å². The predicted octanol–water partition coefficient (Wildman–Crippen LogP) is 1.94. The fraction of sp³-hybridized carbons (Fsp3) is 0.385. The first-order valence-corrected chi connectivity index (χ1v) is 7.47. The molecule has 7 heteroatoms. The molecule has 1 aromatic rings. The number of nitrogens with zero attached hydrogens (tertiary/aromatic N) is 2. The highest BCUT2D eigenvalue weighted by molar-refractivity contribution is 7.89. The Morgan fingerprint density at radius 3 is 2.60 bits per heavy atom. The van der Waals surface area contributed by atoms with Crippen molar-refractivity contribution in [2.24, 2.45) is 0 Å². The van der Waals surface area contributed by atoms with Gasteiger partial charge in [0.2, 0.25) is 10.0 Å². The van der Waals surface area contributed by atoms with Gasteiger partial charge >= 0.3 is 0 Å². The van der Waals surface area contributed by atoms with Crippen LogP contribution in [0.4, 0.5) is 5.69 Å². The lowest BCUT2D eigenvalue weighted by Gasteiger charge is -2.20. The number of rotatable bonds is 6. The van der Waals surface area contributed by atoms with Crippen molar-refractivity contribution < 1.29 is 13.3 Å². The van der Waals surface area contributed by atoms with Crippen molar-refractivity contribution >= 4 is 15.7 Å². The van der Waals surface area contributed by atoms with Gasteiger partial charge in [0, 0.05) is 18.7 Å². The molecule has 0 aliphatic carbocycles. The minimum Gasteiger partial charge on any atom is -0.258 e. The van der Waals surface area contributed by atoms with E-state index in [4.69, 9.17) is 6.42 Å². The van der Waals surface area contributed by atoms with Crippen molar-refractivity contribution in [2.45, 2.75) is 25.2 Å². The summed E-state index contributed by atoms with van der Waals surface area (Å²) in [6.45, 7) is 3.64. The lowest BCUT2D eigenvalue weighted by Crippen LogP contribution is -2.32. The molecule has 0 aromatic heterocycles. The van der Waals surface area contributed by atoms with Crippen molar-refractivity contribution in [1.29, 1.82) is 0 Å². The molecule has 0 unspecified atom stereocenters. The molecule has 0 radical (unpaired) electrons. The maximum atomic E-state index is 12.5. The van der Waals surface area contributed by atoms with Gasteiger partial charge in [0.25, 0.3) is 5.69 Å². The van der Waals surface area contributed by atoms with Crippen LogP contribution in [0, 0.1) is 29.4 Å². The van der Waals surface area contributed by atoms with Gasteiger partial charge in [-0.05, 0) is 18.9 Å². The lowest BCUT2D eigenvalue weighted by atomic mass is 10.2. The number of benzene rings is 1. The summed E-state index contributed by atoms with van der Waals surface area (Å²) in [6.07, 6.45) is 5.79. The SMILES string of the molecule is C#CCN(CCC)S(=O)(=O)c1cc([N+](=O)[O-])ccc1C. The Bertz CT molecular complexity index is 647. The van der Waals surface area contributed by atoms with Gasteiger partial charge in [0.1, 0.15) is 0 Å². The molecule has 108 valence electrons. The van der Waals surface area contributed by atoms with Crippen LogP contribution in [-0.4, -0.2) is 30.7 Å². The van der Waals surface area contributed by atoms with Gasteiger partial charge in [-0.25, -0.2) is 8.42 Å². The average Bonchev–Trinajstić information content (AvgIpc) is 2.38. The van der Waals surface area contributed by atoms with Gasteiger partial charge in [0.05, 0.1) is 16.4 Å². The summed E-state index contributed by atoms with van der Waals surface area (Å²) in [4.78, 5) is 10.1. The molecular weight excluding hydrogens is 280 g/mol. The van der Waals surface area contributed by atoms with Crippen molar-refractivity contribution in [2.75, 3.05) is 13.1 Å². The third kappa shape index (κ3) is 3.35. The quantitative estimate of drug-likeness (QED) is 0.456. The molecular formula is C13H16N2O4S. The first-order valence-electron chi connectivity index (χ1n) is 6.03. The molecule has 1 rings (SSSR count). The largest absolute Gasteiger partial charge is 0.270 e. The molecule has 0 saturated heterocycles. The van der Waals surface area contributed by atoms with Crippen molar-refractivity contribution in [3.63, 3.8) is 0 Å². The van der Waals surface area contributed by atoms with E-state index in [9.17, 15) is 18.5 Å². The van der Waals surface area contributed by atoms with Gasteiger partial charge in [-0.3, -0.25) is 10.1 Å². The summed E-state index contributed by atoms with van der Waals surface area (Å²) < 4.78 is 26.2. The first kappa shape index (κ1) is 16.1. The zero-order chi connectivity index (χ0) is 15.3. The number of terminal acetylenes is 1. The van der Waals surface area contributed by atoms with E-state index in [0.717, 1.165) is 10.4 Å². The second kappa shape index (κ2) is 6.50. The molecule has 0 N–H and O–H groups in total. The smallest absolute Gasteiger partial charge is 0.258 e. The molecule has 0 fully saturated rings. The topological polar surface area (TPSA) is 80.5 Å². The van der Waals surface area contributed by atoms with Gasteiger partial charge in [-0.1, -0.05) is 18.9 Å². The van der Waals surface area contributed by atoms with E-state index in [1.165, 1.54) is 12.1 Å². The van der Waals surface area contributed by atoms with E-state index < -0.39 is 14.9 Å². The van der Waals surface area contributed by atoms with Crippen LogP contribution in [0.15, 0.2) is 23.1 Å². The number of aryl methyl sites for hydroxylation is 1. The summed E-state index contributed by atoms with van der Waals surface area (Å²) in [7, 11) is -3.83. The van der Waals surface area contributed by atoms with Crippen LogP contribution in [0.2, 0.25) is 0 Å². The summed E-state index contributed by atoms with van der Waals surface area (Å²) in [6, 6.07) is 3.77. The Balaban J connectivity index is 3.36. The van der Waals surface area contributed by atoms with Crippen LogP contribution in [0.1, 0.15) is 18.9 Å². The van der Waals surface area contributed by atoms with Gasteiger partial charge in [-0.15, -0.1) is 6.42 Å².